The van der Waals surface area contributed by atoms with Crippen LogP contribution in [0.1, 0.15) is 11.1 Å². The molecule has 10 heteroatoms. The highest BCUT2D eigenvalue weighted by Crippen LogP contribution is 2.42. The molecule has 182 valence electrons. The minimum atomic E-state index is -3.88. The van der Waals surface area contributed by atoms with Crippen LogP contribution in [0, 0.1) is 6.92 Å². The zero-order chi connectivity index (χ0) is 25.3. The van der Waals surface area contributed by atoms with Gasteiger partial charge in [0.25, 0.3) is 10.0 Å². The van der Waals surface area contributed by atoms with Crippen molar-refractivity contribution < 1.29 is 13.2 Å². The van der Waals surface area contributed by atoms with E-state index in [9.17, 15) is 13.2 Å². The van der Waals surface area contributed by atoms with Crippen LogP contribution in [0.3, 0.4) is 0 Å². The normalized spacial score (nSPS) is 13.6. The lowest BCUT2D eigenvalue weighted by atomic mass is 10.1. The molecule has 3 aromatic carbocycles. The zero-order valence-corrected chi connectivity index (χ0v) is 22.4. The average molecular weight is 582 g/mol. The molecule has 0 aliphatic carbocycles. The number of sulfonamides is 1. The van der Waals surface area contributed by atoms with Crippen LogP contribution in [-0.4, -0.2) is 30.0 Å². The molecule has 1 N–H and O–H groups in total. The van der Waals surface area contributed by atoms with Crippen molar-refractivity contribution in [2.45, 2.75) is 23.5 Å². The van der Waals surface area contributed by atoms with E-state index in [-0.39, 0.29) is 23.1 Å². The van der Waals surface area contributed by atoms with E-state index in [0.717, 1.165) is 27.4 Å². The zero-order valence-electron chi connectivity index (χ0n) is 19.2. The number of benzene rings is 3. The summed E-state index contributed by atoms with van der Waals surface area (Å²) in [6, 6.07) is 22.4. The number of nitrogens with one attached hydrogen (secondary N) is 1. The van der Waals surface area contributed by atoms with Crippen LogP contribution in [0.15, 0.2) is 93.5 Å². The summed E-state index contributed by atoms with van der Waals surface area (Å²) in [7, 11) is -3.88. The lowest BCUT2D eigenvalue weighted by Gasteiger charge is -2.31. The van der Waals surface area contributed by atoms with E-state index in [4.69, 9.17) is 0 Å². The number of halogens is 1. The number of aromatic nitrogens is 2. The molecule has 0 bridgehead atoms. The van der Waals surface area contributed by atoms with Crippen LogP contribution in [0.5, 0.6) is 0 Å². The SMILES string of the molecule is Cc1cccc(CN2c3ccccc3-c3nc(SCC(=O)Nc4ccc(Br)cc4)ncc3S2(=O)=O)c1. The largest absolute Gasteiger partial charge is 0.325 e. The first kappa shape index (κ1) is 24.5. The smallest absolute Gasteiger partial charge is 0.268 e. The van der Waals surface area contributed by atoms with Crippen LogP contribution < -0.4 is 9.62 Å². The summed E-state index contributed by atoms with van der Waals surface area (Å²) in [6.45, 7) is 2.18. The van der Waals surface area contributed by atoms with Gasteiger partial charge in [0.1, 0.15) is 4.90 Å². The molecule has 1 aliphatic heterocycles. The number of hydrogen-bond acceptors (Lipinski definition) is 6. The molecular weight excluding hydrogens is 560 g/mol. The van der Waals surface area contributed by atoms with Crippen LogP contribution in [-0.2, 0) is 21.4 Å². The third kappa shape index (κ3) is 5.02. The quantitative estimate of drug-likeness (QED) is 0.234. The molecule has 2 heterocycles. The molecular formula is C26H21BrN4O3S2. The number of nitrogens with zero attached hydrogens (tertiary/aromatic N) is 3. The predicted molar refractivity (Wildman–Crippen MR) is 146 cm³/mol. The van der Waals surface area contributed by atoms with Gasteiger partial charge in [-0.25, -0.2) is 18.4 Å². The van der Waals surface area contributed by atoms with E-state index in [1.54, 1.807) is 18.2 Å². The summed E-state index contributed by atoms with van der Waals surface area (Å²) in [6.07, 6.45) is 1.34. The van der Waals surface area contributed by atoms with Crippen molar-refractivity contribution in [1.82, 2.24) is 9.97 Å². The Morgan fingerprint density at radius 2 is 1.83 bits per heavy atom. The number of carbonyl (C=O) groups is 1. The predicted octanol–water partition coefficient (Wildman–Crippen LogP) is 5.65. The van der Waals surface area contributed by atoms with E-state index in [1.165, 1.54) is 10.5 Å². The van der Waals surface area contributed by atoms with Crippen molar-refractivity contribution in [3.63, 3.8) is 0 Å². The monoisotopic (exact) mass is 580 g/mol. The Morgan fingerprint density at radius 3 is 2.61 bits per heavy atom. The van der Waals surface area contributed by atoms with Crippen LogP contribution in [0.2, 0.25) is 0 Å². The van der Waals surface area contributed by atoms with E-state index in [2.05, 4.69) is 31.2 Å². The van der Waals surface area contributed by atoms with Gasteiger partial charge in [-0.2, -0.15) is 0 Å². The summed E-state index contributed by atoms with van der Waals surface area (Å²) in [5.74, 6) is -0.121. The second-order valence-corrected chi connectivity index (χ2v) is 11.9. The topological polar surface area (TPSA) is 92.3 Å². The first-order valence-electron chi connectivity index (χ1n) is 11.0. The summed E-state index contributed by atoms with van der Waals surface area (Å²) in [4.78, 5) is 21.3. The molecule has 1 aromatic heterocycles. The van der Waals surface area contributed by atoms with Crippen LogP contribution >= 0.6 is 27.7 Å². The van der Waals surface area contributed by atoms with Gasteiger partial charge in [0.05, 0.1) is 29.9 Å². The first-order valence-corrected chi connectivity index (χ1v) is 14.3. The van der Waals surface area contributed by atoms with Crippen molar-refractivity contribution >= 4 is 55.0 Å². The minimum absolute atomic E-state index is 0.0533. The number of aryl methyl sites for hydroxylation is 1. The van der Waals surface area contributed by atoms with E-state index in [1.807, 2.05) is 61.5 Å². The lowest BCUT2D eigenvalue weighted by molar-refractivity contribution is -0.113. The number of anilines is 2. The molecule has 1 amide bonds. The molecule has 0 saturated heterocycles. The number of hydrogen-bond donors (Lipinski definition) is 1. The van der Waals surface area contributed by atoms with Crippen molar-refractivity contribution in [2.24, 2.45) is 0 Å². The molecule has 1 aliphatic rings. The molecule has 0 spiro atoms. The third-order valence-corrected chi connectivity index (χ3v) is 8.75. The molecule has 4 aromatic rings. The van der Waals surface area contributed by atoms with Crippen LogP contribution in [0.4, 0.5) is 11.4 Å². The van der Waals surface area contributed by atoms with Gasteiger partial charge in [0.15, 0.2) is 5.16 Å². The number of carbonyl (C=O) groups excluding carboxylic acids is 1. The van der Waals surface area contributed by atoms with Gasteiger partial charge < -0.3 is 5.32 Å². The minimum Gasteiger partial charge on any atom is -0.325 e. The van der Waals surface area contributed by atoms with Gasteiger partial charge in [-0.15, -0.1) is 0 Å². The number of thioether (sulfide) groups is 1. The second kappa shape index (κ2) is 10.0. The van der Waals surface area contributed by atoms with Crippen molar-refractivity contribution in [3.8, 4) is 11.3 Å². The highest BCUT2D eigenvalue weighted by molar-refractivity contribution is 9.10. The third-order valence-electron chi connectivity index (χ3n) is 5.60. The van der Waals surface area contributed by atoms with E-state index in [0.29, 0.717) is 27.8 Å². The Bertz CT molecular complexity index is 1560. The van der Waals surface area contributed by atoms with Gasteiger partial charge in [0.2, 0.25) is 5.91 Å². The fourth-order valence-corrected chi connectivity index (χ4v) is 6.39. The van der Waals surface area contributed by atoms with Gasteiger partial charge in [-0.3, -0.25) is 9.10 Å². The Kier molecular flexibility index (Phi) is 6.83. The van der Waals surface area contributed by atoms with Gasteiger partial charge in [0, 0.05) is 15.7 Å². The number of amides is 1. The van der Waals surface area contributed by atoms with Crippen molar-refractivity contribution in [3.05, 3.63) is 94.6 Å². The summed E-state index contributed by atoms with van der Waals surface area (Å²) < 4.78 is 29.6. The van der Waals surface area contributed by atoms with E-state index < -0.39 is 10.0 Å². The molecule has 7 nitrogen and oxygen atoms in total. The highest BCUT2D eigenvalue weighted by Gasteiger charge is 2.36. The maximum Gasteiger partial charge on any atom is 0.268 e. The number of para-hydroxylation sites is 1. The lowest BCUT2D eigenvalue weighted by Crippen LogP contribution is -2.34. The van der Waals surface area contributed by atoms with Gasteiger partial charge in [-0.1, -0.05) is 75.7 Å². The molecule has 0 unspecified atom stereocenters. The molecule has 0 fully saturated rings. The Balaban J connectivity index is 1.41. The fourth-order valence-electron chi connectivity index (χ4n) is 3.95. The fraction of sp³-hybridized carbons (Fsp3) is 0.115. The molecule has 0 saturated carbocycles. The van der Waals surface area contributed by atoms with Gasteiger partial charge >= 0.3 is 0 Å². The maximum atomic E-state index is 13.6. The Morgan fingerprint density at radius 1 is 1.06 bits per heavy atom. The summed E-state index contributed by atoms with van der Waals surface area (Å²) in [5, 5.41) is 3.16. The summed E-state index contributed by atoms with van der Waals surface area (Å²) in [5.41, 5.74) is 4.25. The summed E-state index contributed by atoms with van der Waals surface area (Å²) >= 11 is 4.52. The Labute approximate surface area is 222 Å². The van der Waals surface area contributed by atoms with Crippen molar-refractivity contribution in [1.29, 1.82) is 0 Å². The highest BCUT2D eigenvalue weighted by atomic mass is 79.9. The van der Waals surface area contributed by atoms with Crippen molar-refractivity contribution in [2.75, 3.05) is 15.4 Å². The van der Waals surface area contributed by atoms with Crippen LogP contribution in [0.25, 0.3) is 11.3 Å². The molecule has 5 rings (SSSR count). The maximum absolute atomic E-state index is 13.6. The number of fused-ring (bicyclic) bond motifs is 3. The molecule has 0 radical (unpaired) electrons. The molecule has 0 atom stereocenters. The standard InChI is InChI=1S/C26H21BrN4O3S2/c1-17-5-4-6-18(13-17)15-31-22-8-3-2-7-21(22)25-23(36(31,33)34)14-28-26(30-25)35-16-24(32)29-20-11-9-19(27)10-12-20/h2-14H,15-16H2,1H3,(H,29,32). The first-order chi connectivity index (χ1) is 17.3. The second-order valence-electron chi connectivity index (χ2n) is 8.23. The Hall–Kier alpha value is -3.21. The number of rotatable bonds is 6. The van der Waals surface area contributed by atoms with Gasteiger partial charge in [-0.05, 0) is 42.8 Å². The molecule has 36 heavy (non-hydrogen) atoms. The average Bonchev–Trinajstić information content (AvgIpc) is 2.87. The van der Waals surface area contributed by atoms with E-state index >= 15 is 0 Å².